The molecule has 0 saturated carbocycles. The van der Waals surface area contributed by atoms with Crippen molar-refractivity contribution >= 4 is 23.3 Å². The van der Waals surface area contributed by atoms with Crippen LogP contribution in [0.1, 0.15) is 36.7 Å². The van der Waals surface area contributed by atoms with Crippen LogP contribution in [-0.2, 0) is 6.42 Å². The van der Waals surface area contributed by atoms with E-state index in [-0.39, 0.29) is 17.1 Å². The van der Waals surface area contributed by atoms with Crippen LogP contribution in [0.3, 0.4) is 0 Å². The number of furan rings is 1. The van der Waals surface area contributed by atoms with Gasteiger partial charge in [-0.2, -0.15) is 0 Å². The highest BCUT2D eigenvalue weighted by Gasteiger charge is 2.16. The molecule has 2 aromatic rings. The van der Waals surface area contributed by atoms with Crippen molar-refractivity contribution in [3.8, 4) is 0 Å². The van der Waals surface area contributed by atoms with E-state index in [9.17, 15) is 9.59 Å². The third-order valence-corrected chi connectivity index (χ3v) is 3.38. The Morgan fingerprint density at radius 1 is 1.33 bits per heavy atom. The molecule has 0 atom stereocenters. The van der Waals surface area contributed by atoms with Gasteiger partial charge in [-0.15, -0.1) is 11.3 Å². The Morgan fingerprint density at radius 2 is 2.06 bits per heavy atom. The topological polar surface area (TPSA) is 101 Å². The van der Waals surface area contributed by atoms with Crippen molar-refractivity contribution in [1.29, 1.82) is 0 Å². The van der Waals surface area contributed by atoms with E-state index >= 15 is 0 Å². The number of hydrogen-bond acceptors (Lipinski definition) is 5. The van der Waals surface area contributed by atoms with Crippen LogP contribution in [-0.4, -0.2) is 27.1 Å². The van der Waals surface area contributed by atoms with Crippen LogP contribution in [0.5, 0.6) is 0 Å². The largest absolute Gasteiger partial charge is 0.477 e. The van der Waals surface area contributed by atoms with E-state index in [1.54, 1.807) is 13.0 Å². The van der Waals surface area contributed by atoms with Crippen molar-refractivity contribution in [2.45, 2.75) is 13.3 Å². The SMILES string of the molecule is Cc1nc(Cc2ccc(C(=O)O)o2)sc1C(=O)O. The Hall–Kier alpha value is -2.15. The molecule has 7 heteroatoms. The summed E-state index contributed by atoms with van der Waals surface area (Å²) >= 11 is 1.06. The summed E-state index contributed by atoms with van der Waals surface area (Å²) in [5.74, 6) is -1.85. The smallest absolute Gasteiger partial charge is 0.371 e. The van der Waals surface area contributed by atoms with Gasteiger partial charge in [0, 0.05) is 0 Å². The van der Waals surface area contributed by atoms with Gasteiger partial charge in [0.05, 0.1) is 12.1 Å². The third kappa shape index (κ3) is 2.40. The van der Waals surface area contributed by atoms with Crippen molar-refractivity contribution in [1.82, 2.24) is 4.98 Å². The Balaban J connectivity index is 2.20. The molecule has 2 aromatic heterocycles. The number of thiazole rings is 1. The molecule has 0 unspecified atom stereocenters. The average molecular weight is 267 g/mol. The summed E-state index contributed by atoms with van der Waals surface area (Å²) in [6, 6.07) is 2.90. The molecule has 0 radical (unpaired) electrons. The zero-order valence-electron chi connectivity index (χ0n) is 9.34. The molecule has 2 heterocycles. The fourth-order valence-corrected chi connectivity index (χ4v) is 2.38. The predicted octanol–water partition coefficient (Wildman–Crippen LogP) is 2.03. The number of carboxylic acids is 2. The van der Waals surface area contributed by atoms with Crippen LogP contribution in [0.25, 0.3) is 0 Å². The maximum Gasteiger partial charge on any atom is 0.371 e. The summed E-state index contributed by atoms with van der Waals surface area (Å²) in [5.41, 5.74) is 0.451. The van der Waals surface area contributed by atoms with Crippen molar-refractivity contribution in [3.63, 3.8) is 0 Å². The second-order valence-electron chi connectivity index (χ2n) is 3.58. The highest BCUT2D eigenvalue weighted by atomic mass is 32.1. The summed E-state index contributed by atoms with van der Waals surface area (Å²) in [4.78, 5) is 25.8. The summed E-state index contributed by atoms with van der Waals surface area (Å²) in [5, 5.41) is 18.2. The number of nitrogens with zero attached hydrogens (tertiary/aromatic N) is 1. The molecule has 0 aliphatic rings. The lowest BCUT2D eigenvalue weighted by atomic mass is 10.3. The minimum atomic E-state index is -1.14. The Bertz CT molecular complexity index is 613. The van der Waals surface area contributed by atoms with Crippen molar-refractivity contribution in [2.75, 3.05) is 0 Å². The first-order valence-electron chi connectivity index (χ1n) is 4.99. The Morgan fingerprint density at radius 3 is 2.56 bits per heavy atom. The van der Waals surface area contributed by atoms with Crippen LogP contribution in [0, 0.1) is 6.92 Å². The molecule has 0 spiro atoms. The zero-order chi connectivity index (χ0) is 13.3. The van der Waals surface area contributed by atoms with Gasteiger partial charge in [0.25, 0.3) is 0 Å². The molecule has 2 rings (SSSR count). The molecule has 0 saturated heterocycles. The molecular formula is C11H9NO5S. The van der Waals surface area contributed by atoms with E-state index in [1.165, 1.54) is 6.07 Å². The van der Waals surface area contributed by atoms with Crippen LogP contribution in [0.15, 0.2) is 16.5 Å². The summed E-state index contributed by atoms with van der Waals surface area (Å²) in [6.45, 7) is 1.62. The van der Waals surface area contributed by atoms with Gasteiger partial charge in [0.2, 0.25) is 5.76 Å². The van der Waals surface area contributed by atoms with Gasteiger partial charge in [-0.25, -0.2) is 14.6 Å². The van der Waals surface area contributed by atoms with Crippen molar-refractivity contribution in [3.05, 3.63) is 39.2 Å². The minimum absolute atomic E-state index is 0.142. The van der Waals surface area contributed by atoms with E-state index in [0.29, 0.717) is 16.5 Å². The first-order valence-corrected chi connectivity index (χ1v) is 5.80. The second-order valence-corrected chi connectivity index (χ2v) is 4.66. The summed E-state index contributed by atoms with van der Waals surface area (Å²) < 4.78 is 5.08. The lowest BCUT2D eigenvalue weighted by Crippen LogP contribution is -1.94. The van der Waals surface area contributed by atoms with Gasteiger partial charge >= 0.3 is 11.9 Å². The molecule has 0 aliphatic heterocycles. The van der Waals surface area contributed by atoms with Crippen LogP contribution < -0.4 is 0 Å². The number of aryl methyl sites for hydroxylation is 1. The summed E-state index contributed by atoms with van der Waals surface area (Å²) in [6.07, 6.45) is 0.284. The standard InChI is InChI=1S/C11H9NO5S/c1-5-9(11(15)16)18-8(12-5)4-6-2-3-7(17-6)10(13)14/h2-3H,4H2,1H3,(H,13,14)(H,15,16). The molecule has 0 aliphatic carbocycles. The quantitative estimate of drug-likeness (QED) is 0.879. The first kappa shape index (κ1) is 12.3. The van der Waals surface area contributed by atoms with Gasteiger partial charge < -0.3 is 14.6 Å². The number of carboxylic acid groups (broad SMARTS) is 2. The van der Waals surface area contributed by atoms with Gasteiger partial charge in [-0.05, 0) is 19.1 Å². The van der Waals surface area contributed by atoms with Gasteiger partial charge in [0.15, 0.2) is 0 Å². The summed E-state index contributed by atoms with van der Waals surface area (Å²) in [7, 11) is 0. The lowest BCUT2D eigenvalue weighted by Gasteiger charge is -1.91. The minimum Gasteiger partial charge on any atom is -0.477 e. The van der Waals surface area contributed by atoms with Gasteiger partial charge in [0.1, 0.15) is 15.6 Å². The number of aromatic nitrogens is 1. The molecule has 0 aromatic carbocycles. The molecule has 2 N–H and O–H groups in total. The van der Waals surface area contributed by atoms with Gasteiger partial charge in [-0.1, -0.05) is 0 Å². The normalized spacial score (nSPS) is 10.5. The fourth-order valence-electron chi connectivity index (χ4n) is 1.46. The predicted molar refractivity (Wildman–Crippen MR) is 62.3 cm³/mol. The lowest BCUT2D eigenvalue weighted by molar-refractivity contribution is 0.0658. The average Bonchev–Trinajstić information content (AvgIpc) is 2.86. The third-order valence-electron chi connectivity index (χ3n) is 2.23. The van der Waals surface area contributed by atoms with E-state index in [4.69, 9.17) is 14.6 Å². The molecule has 6 nitrogen and oxygen atoms in total. The van der Waals surface area contributed by atoms with E-state index in [2.05, 4.69) is 4.98 Å². The molecule has 0 amide bonds. The van der Waals surface area contributed by atoms with E-state index < -0.39 is 11.9 Å². The number of rotatable bonds is 4. The van der Waals surface area contributed by atoms with Gasteiger partial charge in [-0.3, -0.25) is 0 Å². The zero-order valence-corrected chi connectivity index (χ0v) is 10.2. The fraction of sp³-hybridized carbons (Fsp3) is 0.182. The van der Waals surface area contributed by atoms with Crippen molar-refractivity contribution < 1.29 is 24.2 Å². The Kier molecular flexibility index (Phi) is 3.15. The van der Waals surface area contributed by atoms with E-state index in [1.807, 2.05) is 0 Å². The molecule has 18 heavy (non-hydrogen) atoms. The highest BCUT2D eigenvalue weighted by molar-refractivity contribution is 7.13. The first-order chi connectivity index (χ1) is 8.47. The molecular weight excluding hydrogens is 258 g/mol. The molecule has 0 fully saturated rings. The number of aromatic carboxylic acids is 2. The maximum atomic E-state index is 10.9. The maximum absolute atomic E-state index is 10.9. The van der Waals surface area contributed by atoms with Crippen LogP contribution in [0.2, 0.25) is 0 Å². The molecule has 94 valence electrons. The molecule has 0 bridgehead atoms. The van der Waals surface area contributed by atoms with E-state index in [0.717, 1.165) is 11.3 Å². The van der Waals surface area contributed by atoms with Crippen LogP contribution in [0.4, 0.5) is 0 Å². The number of carbonyl (C=O) groups is 2. The van der Waals surface area contributed by atoms with Crippen molar-refractivity contribution in [2.24, 2.45) is 0 Å². The Labute approximate surface area is 106 Å². The highest BCUT2D eigenvalue weighted by Crippen LogP contribution is 2.21. The number of hydrogen-bond donors (Lipinski definition) is 2. The second kappa shape index (κ2) is 4.61. The van der Waals surface area contributed by atoms with Crippen LogP contribution >= 0.6 is 11.3 Å². The monoisotopic (exact) mass is 267 g/mol.